The average molecular weight is 384 g/mol. The molecular weight excluding hydrogens is 356 g/mol. The van der Waals surface area contributed by atoms with Gasteiger partial charge in [-0.05, 0) is 38.0 Å². The molecule has 1 saturated heterocycles. The summed E-state index contributed by atoms with van der Waals surface area (Å²) in [6.07, 6.45) is 0.914. The Labute approximate surface area is 155 Å². The van der Waals surface area contributed by atoms with Gasteiger partial charge in [0.1, 0.15) is 10.6 Å². The van der Waals surface area contributed by atoms with Gasteiger partial charge in [-0.3, -0.25) is 4.79 Å². The van der Waals surface area contributed by atoms with E-state index in [1.54, 1.807) is 12.1 Å². The number of carbonyl (C=O) groups excluding carboxylic acids is 1. The molecule has 1 fully saturated rings. The Bertz CT molecular complexity index is 740. The smallest absolute Gasteiger partial charge is 0.246 e. The van der Waals surface area contributed by atoms with Gasteiger partial charge in [-0.25, -0.2) is 8.42 Å². The van der Waals surface area contributed by atoms with Gasteiger partial charge in [0.2, 0.25) is 15.9 Å². The van der Waals surface area contributed by atoms with Crippen molar-refractivity contribution in [2.45, 2.75) is 44.0 Å². The minimum Gasteiger partial charge on any atom is -0.495 e. The Morgan fingerprint density at radius 1 is 1.31 bits per heavy atom. The first kappa shape index (κ1) is 20.7. The lowest BCUT2D eigenvalue weighted by Gasteiger charge is -2.27. The van der Waals surface area contributed by atoms with E-state index < -0.39 is 10.0 Å². The molecule has 0 unspecified atom stereocenters. The molecule has 1 amide bonds. The van der Waals surface area contributed by atoms with E-state index in [0.29, 0.717) is 31.9 Å². The van der Waals surface area contributed by atoms with Crippen molar-refractivity contribution in [2.75, 3.05) is 33.4 Å². The van der Waals surface area contributed by atoms with Crippen LogP contribution in [0.1, 0.15) is 32.8 Å². The first-order valence-electron chi connectivity index (χ1n) is 8.75. The maximum absolute atomic E-state index is 13.0. The summed E-state index contributed by atoms with van der Waals surface area (Å²) in [5.41, 5.74) is 0.328. The number of nitrogens with one attached hydrogen (secondary N) is 1. The molecule has 7 nitrogen and oxygen atoms in total. The third kappa shape index (κ3) is 4.96. The fraction of sp³-hybridized carbons (Fsp3) is 0.611. The third-order valence-corrected chi connectivity index (χ3v) is 6.46. The summed E-state index contributed by atoms with van der Waals surface area (Å²) in [6, 6.07) is 4.85. The number of carbonyl (C=O) groups is 1. The number of benzene rings is 1. The van der Waals surface area contributed by atoms with Gasteiger partial charge < -0.3 is 14.8 Å². The van der Waals surface area contributed by atoms with Gasteiger partial charge in [0, 0.05) is 18.6 Å². The van der Waals surface area contributed by atoms with Crippen LogP contribution in [-0.2, 0) is 26.0 Å². The highest BCUT2D eigenvalue weighted by atomic mass is 32.2. The fourth-order valence-corrected chi connectivity index (χ4v) is 4.27. The molecule has 0 aromatic heterocycles. The van der Waals surface area contributed by atoms with Crippen molar-refractivity contribution in [3.63, 3.8) is 0 Å². The molecule has 1 aliphatic rings. The molecule has 0 saturated carbocycles. The van der Waals surface area contributed by atoms with E-state index in [1.165, 1.54) is 17.5 Å². The van der Waals surface area contributed by atoms with Gasteiger partial charge in [0.25, 0.3) is 0 Å². The Morgan fingerprint density at radius 3 is 2.54 bits per heavy atom. The molecule has 0 aliphatic carbocycles. The quantitative estimate of drug-likeness (QED) is 0.771. The Hall–Kier alpha value is -1.64. The predicted molar refractivity (Wildman–Crippen MR) is 98.8 cm³/mol. The van der Waals surface area contributed by atoms with E-state index in [2.05, 4.69) is 5.32 Å². The van der Waals surface area contributed by atoms with E-state index in [4.69, 9.17) is 9.47 Å². The van der Waals surface area contributed by atoms with Crippen LogP contribution in [0.25, 0.3) is 0 Å². The number of ether oxygens (including phenoxy) is 2. The second kappa shape index (κ2) is 8.37. The Balaban J connectivity index is 2.26. The van der Waals surface area contributed by atoms with Crippen molar-refractivity contribution >= 4 is 15.9 Å². The summed E-state index contributed by atoms with van der Waals surface area (Å²) in [5.74, 6) is 0.131. The predicted octanol–water partition coefficient (Wildman–Crippen LogP) is 1.56. The zero-order valence-corrected chi connectivity index (χ0v) is 16.7. The lowest BCUT2D eigenvalue weighted by molar-refractivity contribution is -0.122. The summed E-state index contributed by atoms with van der Waals surface area (Å²) < 4.78 is 37.8. The molecule has 1 heterocycles. The van der Waals surface area contributed by atoms with Crippen molar-refractivity contribution in [1.82, 2.24) is 9.62 Å². The van der Waals surface area contributed by atoms with Crippen LogP contribution in [0.4, 0.5) is 0 Å². The number of nitrogens with zero attached hydrogens (tertiary/aromatic N) is 1. The van der Waals surface area contributed by atoms with Crippen LogP contribution in [0, 0.1) is 0 Å². The SMILES string of the molecule is CCC(C)(C)NC(=O)Cc1ccc(OC)c(S(=O)(=O)N2CCOCC2)c1. The molecule has 8 heteroatoms. The summed E-state index contributed by atoms with van der Waals surface area (Å²) >= 11 is 0. The highest BCUT2D eigenvalue weighted by molar-refractivity contribution is 7.89. The second-order valence-electron chi connectivity index (χ2n) is 6.96. The number of hydrogen-bond donors (Lipinski definition) is 1. The van der Waals surface area contributed by atoms with E-state index in [0.717, 1.165) is 6.42 Å². The maximum Gasteiger partial charge on any atom is 0.246 e. The maximum atomic E-state index is 13.0. The number of hydrogen-bond acceptors (Lipinski definition) is 5. The van der Waals surface area contributed by atoms with Gasteiger partial charge in [-0.2, -0.15) is 4.31 Å². The fourth-order valence-electron chi connectivity index (χ4n) is 2.65. The number of methoxy groups -OCH3 is 1. The van der Waals surface area contributed by atoms with E-state index in [9.17, 15) is 13.2 Å². The van der Waals surface area contributed by atoms with Gasteiger partial charge >= 0.3 is 0 Å². The standard InChI is InChI=1S/C18H28N2O5S/c1-5-18(2,3)19-17(21)13-14-6-7-15(24-4)16(12-14)26(22,23)20-8-10-25-11-9-20/h6-7,12H,5,8-11,13H2,1-4H3,(H,19,21). The van der Waals surface area contributed by atoms with Crippen LogP contribution in [0.15, 0.2) is 23.1 Å². The monoisotopic (exact) mass is 384 g/mol. The van der Waals surface area contributed by atoms with Crippen LogP contribution < -0.4 is 10.1 Å². The molecule has 1 aromatic carbocycles. The molecule has 1 aliphatic heterocycles. The zero-order valence-electron chi connectivity index (χ0n) is 15.9. The first-order chi connectivity index (χ1) is 12.2. The lowest BCUT2D eigenvalue weighted by atomic mass is 10.0. The van der Waals surface area contributed by atoms with Crippen LogP contribution >= 0.6 is 0 Å². The molecular formula is C18H28N2O5S. The van der Waals surface area contributed by atoms with Crippen LogP contribution in [0.2, 0.25) is 0 Å². The highest BCUT2D eigenvalue weighted by Gasteiger charge is 2.29. The Kier molecular flexibility index (Phi) is 6.65. The van der Waals surface area contributed by atoms with E-state index in [1.807, 2.05) is 20.8 Å². The molecule has 26 heavy (non-hydrogen) atoms. The molecule has 0 spiro atoms. The second-order valence-corrected chi connectivity index (χ2v) is 8.87. The minimum absolute atomic E-state index is 0.0851. The van der Waals surface area contributed by atoms with E-state index >= 15 is 0 Å². The topological polar surface area (TPSA) is 84.9 Å². The molecule has 1 aromatic rings. The molecule has 146 valence electrons. The van der Waals surface area contributed by atoms with Crippen molar-refractivity contribution in [2.24, 2.45) is 0 Å². The summed E-state index contributed by atoms with van der Waals surface area (Å²) in [7, 11) is -2.27. The number of morpholine rings is 1. The molecule has 1 N–H and O–H groups in total. The van der Waals surface area contributed by atoms with E-state index in [-0.39, 0.29) is 28.5 Å². The number of rotatable bonds is 7. The molecule has 2 rings (SSSR count). The van der Waals surface area contributed by atoms with Crippen molar-refractivity contribution in [3.8, 4) is 5.75 Å². The summed E-state index contributed by atoms with van der Waals surface area (Å²) in [4.78, 5) is 12.4. The van der Waals surface area contributed by atoms with Crippen molar-refractivity contribution in [3.05, 3.63) is 23.8 Å². The average Bonchev–Trinajstić information content (AvgIpc) is 2.62. The van der Waals surface area contributed by atoms with Crippen LogP contribution in [0.3, 0.4) is 0 Å². The Morgan fingerprint density at radius 2 is 1.96 bits per heavy atom. The zero-order chi connectivity index (χ0) is 19.4. The molecule has 0 radical (unpaired) electrons. The number of sulfonamides is 1. The molecule has 0 atom stereocenters. The molecule has 0 bridgehead atoms. The van der Waals surface area contributed by atoms with Crippen molar-refractivity contribution < 1.29 is 22.7 Å². The normalized spacial score (nSPS) is 16.3. The van der Waals surface area contributed by atoms with Crippen molar-refractivity contribution in [1.29, 1.82) is 0 Å². The summed E-state index contributed by atoms with van der Waals surface area (Å²) in [6.45, 7) is 7.26. The van der Waals surface area contributed by atoms with Gasteiger partial charge in [0.05, 0.1) is 26.7 Å². The van der Waals surface area contributed by atoms with Crippen LogP contribution in [-0.4, -0.2) is 57.6 Å². The third-order valence-electron chi connectivity index (χ3n) is 4.54. The van der Waals surface area contributed by atoms with Crippen LogP contribution in [0.5, 0.6) is 5.75 Å². The first-order valence-corrected chi connectivity index (χ1v) is 10.2. The lowest BCUT2D eigenvalue weighted by Crippen LogP contribution is -2.43. The van der Waals surface area contributed by atoms with Gasteiger partial charge in [-0.1, -0.05) is 13.0 Å². The summed E-state index contributed by atoms with van der Waals surface area (Å²) in [5, 5.41) is 2.96. The van der Waals surface area contributed by atoms with Gasteiger partial charge in [-0.15, -0.1) is 0 Å². The highest BCUT2D eigenvalue weighted by Crippen LogP contribution is 2.28. The largest absolute Gasteiger partial charge is 0.495 e. The minimum atomic E-state index is -3.71. The number of amides is 1. The van der Waals surface area contributed by atoms with Gasteiger partial charge in [0.15, 0.2) is 0 Å².